The molecule has 0 spiro atoms. The molecule has 4 rings (SSSR count). The van der Waals surface area contributed by atoms with Crippen molar-refractivity contribution in [3.05, 3.63) is 88.4 Å². The minimum Gasteiger partial charge on any atom is -0.321 e. The van der Waals surface area contributed by atoms with Crippen LogP contribution in [0.15, 0.2) is 66.0 Å². The molecule has 28 heavy (non-hydrogen) atoms. The third-order valence-electron chi connectivity index (χ3n) is 4.73. The Kier molecular flexibility index (Phi) is 4.84. The smallest absolute Gasteiger partial charge is 0.274 e. The quantitative estimate of drug-likeness (QED) is 0.482. The van der Waals surface area contributed by atoms with Gasteiger partial charge in [0.25, 0.3) is 5.91 Å². The van der Waals surface area contributed by atoms with E-state index in [0.29, 0.717) is 5.69 Å². The number of anilines is 1. The molecule has 5 heteroatoms. The van der Waals surface area contributed by atoms with Crippen molar-refractivity contribution in [3.63, 3.8) is 0 Å². The van der Waals surface area contributed by atoms with Crippen molar-refractivity contribution in [3.8, 4) is 16.3 Å². The van der Waals surface area contributed by atoms with Crippen molar-refractivity contribution in [2.45, 2.75) is 20.8 Å². The summed E-state index contributed by atoms with van der Waals surface area (Å²) in [6.45, 7) is 6.12. The normalized spacial score (nSPS) is 10.8. The first-order valence-corrected chi connectivity index (χ1v) is 9.99. The van der Waals surface area contributed by atoms with Gasteiger partial charge in [-0.3, -0.25) is 4.79 Å². The maximum Gasteiger partial charge on any atom is 0.274 e. The van der Waals surface area contributed by atoms with E-state index in [-0.39, 0.29) is 5.91 Å². The molecule has 0 aliphatic rings. The van der Waals surface area contributed by atoms with Gasteiger partial charge < -0.3 is 5.32 Å². The van der Waals surface area contributed by atoms with Crippen LogP contribution in [0.4, 0.5) is 5.69 Å². The van der Waals surface area contributed by atoms with Crippen LogP contribution in [0.2, 0.25) is 0 Å². The van der Waals surface area contributed by atoms with Crippen molar-refractivity contribution >= 4 is 22.9 Å². The van der Waals surface area contributed by atoms with Crippen LogP contribution in [-0.2, 0) is 0 Å². The molecule has 2 aromatic heterocycles. The highest BCUT2D eigenvalue weighted by molar-refractivity contribution is 7.13. The number of amides is 1. The molecule has 0 saturated carbocycles. The molecule has 1 amide bonds. The zero-order valence-electron chi connectivity index (χ0n) is 16.1. The van der Waals surface area contributed by atoms with E-state index in [0.717, 1.165) is 33.1 Å². The lowest BCUT2D eigenvalue weighted by atomic mass is 10.1. The van der Waals surface area contributed by atoms with Gasteiger partial charge in [0.15, 0.2) is 0 Å². The zero-order valence-corrected chi connectivity index (χ0v) is 16.9. The summed E-state index contributed by atoms with van der Waals surface area (Å²) in [6, 6.07) is 19.8. The lowest BCUT2D eigenvalue weighted by Gasteiger charge is -2.10. The van der Waals surface area contributed by atoms with Crippen molar-refractivity contribution in [2.24, 2.45) is 0 Å². The van der Waals surface area contributed by atoms with E-state index in [1.165, 1.54) is 5.56 Å². The number of benzene rings is 2. The number of nitrogens with zero attached hydrogens (tertiary/aromatic N) is 2. The Morgan fingerprint density at radius 1 is 0.964 bits per heavy atom. The summed E-state index contributed by atoms with van der Waals surface area (Å²) in [6.07, 6.45) is 0. The molecule has 0 fully saturated rings. The average molecular weight is 388 g/mol. The molecule has 0 atom stereocenters. The summed E-state index contributed by atoms with van der Waals surface area (Å²) in [5, 5.41) is 9.75. The molecule has 4 nitrogen and oxygen atoms in total. The monoisotopic (exact) mass is 387 g/mol. The first-order chi connectivity index (χ1) is 13.5. The van der Waals surface area contributed by atoms with Crippen LogP contribution >= 0.6 is 11.3 Å². The SMILES string of the molecule is Cc1cccc(-n2nc(-c3cccs3)cc2C(=O)Nc2ccc(C)c(C)c2)c1. The van der Waals surface area contributed by atoms with E-state index in [2.05, 4.69) is 12.2 Å². The summed E-state index contributed by atoms with van der Waals surface area (Å²) in [4.78, 5) is 14.1. The number of aryl methyl sites for hydroxylation is 3. The van der Waals surface area contributed by atoms with Crippen molar-refractivity contribution < 1.29 is 4.79 Å². The van der Waals surface area contributed by atoms with E-state index in [9.17, 15) is 4.79 Å². The Bertz CT molecular complexity index is 1140. The maximum absolute atomic E-state index is 13.1. The molecular weight excluding hydrogens is 366 g/mol. The maximum atomic E-state index is 13.1. The highest BCUT2D eigenvalue weighted by atomic mass is 32.1. The zero-order chi connectivity index (χ0) is 19.7. The molecule has 2 aromatic carbocycles. The second-order valence-electron chi connectivity index (χ2n) is 6.90. The van der Waals surface area contributed by atoms with E-state index in [1.54, 1.807) is 16.0 Å². The van der Waals surface area contributed by atoms with Gasteiger partial charge in [0.1, 0.15) is 11.4 Å². The predicted octanol–water partition coefficient (Wildman–Crippen LogP) is 5.78. The van der Waals surface area contributed by atoms with Gasteiger partial charge in [0.05, 0.1) is 10.6 Å². The van der Waals surface area contributed by atoms with Gasteiger partial charge in [0.2, 0.25) is 0 Å². The van der Waals surface area contributed by atoms with Crippen molar-refractivity contribution in [2.75, 3.05) is 5.32 Å². The first-order valence-electron chi connectivity index (χ1n) is 9.11. The standard InChI is InChI=1S/C23H21N3OS/c1-15-6-4-7-19(12-15)26-21(14-20(25-26)22-8-5-11-28-22)23(27)24-18-10-9-16(2)17(3)13-18/h4-14H,1-3H3,(H,24,27). The van der Waals surface area contributed by atoms with Crippen LogP contribution in [0.5, 0.6) is 0 Å². The molecule has 4 aromatic rings. The first kappa shape index (κ1) is 18.2. The van der Waals surface area contributed by atoms with Crippen LogP contribution in [0, 0.1) is 20.8 Å². The summed E-state index contributed by atoms with van der Waals surface area (Å²) in [5.74, 6) is -0.180. The fourth-order valence-electron chi connectivity index (χ4n) is 3.06. The number of nitrogens with one attached hydrogen (secondary N) is 1. The van der Waals surface area contributed by atoms with Crippen molar-refractivity contribution in [1.29, 1.82) is 0 Å². The molecule has 0 radical (unpaired) electrons. The summed E-state index contributed by atoms with van der Waals surface area (Å²) >= 11 is 1.61. The highest BCUT2D eigenvalue weighted by Crippen LogP contribution is 2.26. The lowest BCUT2D eigenvalue weighted by Crippen LogP contribution is -2.17. The number of carbonyl (C=O) groups excluding carboxylic acids is 1. The lowest BCUT2D eigenvalue weighted by molar-refractivity contribution is 0.101. The summed E-state index contributed by atoms with van der Waals surface area (Å²) in [5.41, 5.74) is 6.41. The van der Waals surface area contributed by atoms with E-state index >= 15 is 0 Å². The third-order valence-corrected chi connectivity index (χ3v) is 5.62. The van der Waals surface area contributed by atoms with Gasteiger partial charge >= 0.3 is 0 Å². The van der Waals surface area contributed by atoms with Crippen LogP contribution in [0.1, 0.15) is 27.2 Å². The second-order valence-corrected chi connectivity index (χ2v) is 7.84. The third kappa shape index (κ3) is 3.62. The molecule has 0 saturated heterocycles. The topological polar surface area (TPSA) is 46.9 Å². The Balaban J connectivity index is 1.75. The number of hydrogen-bond donors (Lipinski definition) is 1. The van der Waals surface area contributed by atoms with E-state index < -0.39 is 0 Å². The molecule has 0 unspecified atom stereocenters. The van der Waals surface area contributed by atoms with Gasteiger partial charge in [-0.25, -0.2) is 4.68 Å². The van der Waals surface area contributed by atoms with Gasteiger partial charge in [0, 0.05) is 5.69 Å². The number of hydrogen-bond acceptors (Lipinski definition) is 3. The minimum atomic E-state index is -0.180. The van der Waals surface area contributed by atoms with Crippen molar-refractivity contribution in [1.82, 2.24) is 9.78 Å². The number of aromatic nitrogens is 2. The van der Waals surface area contributed by atoms with Crippen LogP contribution < -0.4 is 5.32 Å². The van der Waals surface area contributed by atoms with Crippen LogP contribution in [-0.4, -0.2) is 15.7 Å². The predicted molar refractivity (Wildman–Crippen MR) is 115 cm³/mol. The van der Waals surface area contributed by atoms with Crippen LogP contribution in [0.25, 0.3) is 16.3 Å². The van der Waals surface area contributed by atoms with Gasteiger partial charge in [-0.1, -0.05) is 24.3 Å². The number of carbonyl (C=O) groups is 1. The summed E-state index contributed by atoms with van der Waals surface area (Å²) < 4.78 is 1.72. The Morgan fingerprint density at radius 2 is 1.82 bits per heavy atom. The Morgan fingerprint density at radius 3 is 2.54 bits per heavy atom. The Hall–Kier alpha value is -3.18. The van der Waals surface area contributed by atoms with Gasteiger partial charge in [-0.05, 0) is 79.2 Å². The molecule has 0 aliphatic carbocycles. The second kappa shape index (κ2) is 7.44. The molecule has 0 aliphatic heterocycles. The number of rotatable bonds is 4. The van der Waals surface area contributed by atoms with E-state index in [1.807, 2.05) is 79.9 Å². The average Bonchev–Trinajstić information content (AvgIpc) is 3.34. The van der Waals surface area contributed by atoms with Gasteiger partial charge in [-0.2, -0.15) is 5.10 Å². The summed E-state index contributed by atoms with van der Waals surface area (Å²) in [7, 11) is 0. The molecular formula is C23H21N3OS. The molecule has 2 heterocycles. The highest BCUT2D eigenvalue weighted by Gasteiger charge is 2.18. The van der Waals surface area contributed by atoms with Crippen LogP contribution in [0.3, 0.4) is 0 Å². The molecule has 1 N–H and O–H groups in total. The molecule has 0 bridgehead atoms. The minimum absolute atomic E-state index is 0.180. The molecule has 140 valence electrons. The largest absolute Gasteiger partial charge is 0.321 e. The fraction of sp³-hybridized carbons (Fsp3) is 0.130. The Labute approximate surface area is 168 Å². The van der Waals surface area contributed by atoms with Gasteiger partial charge in [-0.15, -0.1) is 11.3 Å². The number of thiophene rings is 1. The fourth-order valence-corrected chi connectivity index (χ4v) is 3.74. The van der Waals surface area contributed by atoms with E-state index in [4.69, 9.17) is 5.10 Å².